The number of hydrogen-bond donors (Lipinski definition) is 0. The van der Waals surface area contributed by atoms with Gasteiger partial charge in [-0.05, 0) is 35.8 Å². The van der Waals surface area contributed by atoms with E-state index in [1.165, 1.54) is 0 Å². The molecule has 0 aliphatic heterocycles. The molecule has 0 bridgehead atoms. The Morgan fingerprint density at radius 2 is 1.57 bits per heavy atom. The van der Waals surface area contributed by atoms with E-state index in [0.717, 1.165) is 5.56 Å². The van der Waals surface area contributed by atoms with E-state index in [9.17, 15) is 0 Å². The summed E-state index contributed by atoms with van der Waals surface area (Å²) < 4.78 is 22.6. The molecule has 21 heavy (non-hydrogen) atoms. The zero-order chi connectivity index (χ0) is 18.1. The molecule has 0 fully saturated rings. The first-order valence-corrected chi connectivity index (χ1v) is 13.9. The highest BCUT2D eigenvalue weighted by molar-refractivity contribution is 6.83. The van der Waals surface area contributed by atoms with Gasteiger partial charge in [0.15, 0.2) is 8.32 Å². The lowest BCUT2D eigenvalue weighted by Crippen LogP contribution is -2.40. The van der Waals surface area contributed by atoms with Crippen molar-refractivity contribution in [2.24, 2.45) is 0 Å². The molecule has 0 aromatic heterocycles. The first-order chi connectivity index (χ1) is 10.1. The molecule has 0 amide bonds. The number of benzene rings is 1. The van der Waals surface area contributed by atoms with Gasteiger partial charge in [-0.15, -0.1) is 5.54 Å². The maximum Gasteiger partial charge on any atom is 0.192 e. The molecule has 0 saturated carbocycles. The van der Waals surface area contributed by atoms with Crippen molar-refractivity contribution < 1.29 is 7.17 Å². The first kappa shape index (κ1) is 15.1. The number of hydrogen-bond acceptors (Lipinski definition) is 1. The van der Waals surface area contributed by atoms with E-state index in [-0.39, 0.29) is 5.04 Å². The van der Waals surface area contributed by atoms with Gasteiger partial charge in [-0.2, -0.15) is 0 Å². The minimum atomic E-state index is -2.17. The molecule has 1 aromatic rings. The predicted octanol–water partition coefficient (Wildman–Crippen LogP) is 5.44. The van der Waals surface area contributed by atoms with Crippen LogP contribution in [0.4, 0.5) is 0 Å². The quantitative estimate of drug-likeness (QED) is 0.532. The first-order valence-electron chi connectivity index (χ1n) is 8.48. The number of rotatable bonds is 3. The molecule has 0 N–H and O–H groups in total. The molecule has 116 valence electrons. The fraction of sp³-hybridized carbons (Fsp3) is 0.556. The van der Waals surface area contributed by atoms with Gasteiger partial charge >= 0.3 is 0 Å². The standard InChI is InChI=1S/C18H30OSi2/c1-18(2,3)21(7,8)19-15-17-11-9-16(10-12-17)13-14-20(4,5)6/h9-12H,15H2,1-8H3/i15D2. The van der Waals surface area contributed by atoms with E-state index < -0.39 is 23.0 Å². The third-order valence-corrected chi connectivity index (χ3v) is 8.80. The maximum absolute atomic E-state index is 8.32. The van der Waals surface area contributed by atoms with Crippen LogP contribution in [0.3, 0.4) is 0 Å². The van der Waals surface area contributed by atoms with Crippen LogP contribution < -0.4 is 0 Å². The van der Waals surface area contributed by atoms with Gasteiger partial charge in [0.1, 0.15) is 8.07 Å². The fourth-order valence-corrected chi connectivity index (χ4v) is 2.42. The highest BCUT2D eigenvalue weighted by Gasteiger charge is 2.36. The van der Waals surface area contributed by atoms with E-state index in [1.54, 1.807) is 12.1 Å². The molecular weight excluding hydrogens is 288 g/mol. The van der Waals surface area contributed by atoms with Gasteiger partial charge in [-0.25, -0.2) is 0 Å². The van der Waals surface area contributed by atoms with E-state index in [1.807, 2.05) is 12.1 Å². The zero-order valence-corrected chi connectivity index (χ0v) is 16.7. The molecule has 0 saturated heterocycles. The summed E-state index contributed by atoms with van der Waals surface area (Å²) in [5, 5.41) is -0.0247. The van der Waals surface area contributed by atoms with Crippen molar-refractivity contribution in [1.29, 1.82) is 0 Å². The molecule has 0 spiro atoms. The Morgan fingerprint density at radius 1 is 1.05 bits per heavy atom. The van der Waals surface area contributed by atoms with Crippen molar-refractivity contribution in [3.05, 3.63) is 35.4 Å². The molecule has 1 aromatic carbocycles. The molecule has 0 atom stereocenters. The Bertz CT molecular complexity index is 597. The van der Waals surface area contributed by atoms with Crippen molar-refractivity contribution in [1.82, 2.24) is 0 Å². The molecule has 0 radical (unpaired) electrons. The molecular formula is C18H30OSi2. The Balaban J connectivity index is 3.00. The van der Waals surface area contributed by atoms with Gasteiger partial charge in [-0.3, -0.25) is 0 Å². The summed E-state index contributed by atoms with van der Waals surface area (Å²) in [5.74, 6) is 3.19. The molecule has 1 nitrogen and oxygen atoms in total. The summed E-state index contributed by atoms with van der Waals surface area (Å²) in [6.07, 6.45) is 0. The molecule has 0 unspecified atom stereocenters. The molecule has 0 aliphatic carbocycles. The normalized spacial score (nSPS) is 14.9. The van der Waals surface area contributed by atoms with Crippen LogP contribution in [-0.4, -0.2) is 16.4 Å². The average Bonchev–Trinajstić information content (AvgIpc) is 2.33. The Kier molecular flexibility index (Phi) is 4.68. The maximum atomic E-state index is 8.32. The summed E-state index contributed by atoms with van der Waals surface area (Å²) in [5.41, 5.74) is 4.81. The van der Waals surface area contributed by atoms with Crippen molar-refractivity contribution in [2.75, 3.05) is 0 Å². The molecule has 3 heteroatoms. The van der Waals surface area contributed by atoms with Gasteiger partial charge < -0.3 is 4.43 Å². The van der Waals surface area contributed by atoms with Gasteiger partial charge in [0.25, 0.3) is 0 Å². The van der Waals surface area contributed by atoms with Gasteiger partial charge in [0, 0.05) is 5.56 Å². The van der Waals surface area contributed by atoms with Crippen molar-refractivity contribution in [3.63, 3.8) is 0 Å². The van der Waals surface area contributed by atoms with Gasteiger partial charge in [0.2, 0.25) is 0 Å². The molecule has 1 rings (SSSR count). The smallest absolute Gasteiger partial charge is 0.192 e. The lowest BCUT2D eigenvalue weighted by molar-refractivity contribution is 0.276. The fourth-order valence-electron chi connectivity index (χ4n) is 1.22. The highest BCUT2D eigenvalue weighted by Crippen LogP contribution is 2.37. The van der Waals surface area contributed by atoms with Crippen LogP contribution >= 0.6 is 0 Å². The lowest BCUT2D eigenvalue weighted by Gasteiger charge is -2.36. The Labute approximate surface area is 136 Å². The molecule has 0 aliphatic rings. The lowest BCUT2D eigenvalue weighted by atomic mass is 10.1. The predicted molar refractivity (Wildman–Crippen MR) is 98.7 cm³/mol. The van der Waals surface area contributed by atoms with Crippen LogP contribution in [0.2, 0.25) is 37.8 Å². The highest BCUT2D eigenvalue weighted by atomic mass is 28.4. The topological polar surface area (TPSA) is 9.23 Å². The van der Waals surface area contributed by atoms with Crippen LogP contribution in [0.25, 0.3) is 0 Å². The third kappa shape index (κ3) is 6.21. The summed E-state index contributed by atoms with van der Waals surface area (Å²) in [6, 6.07) is 7.35. The Hall–Kier alpha value is -0.826. The minimum Gasteiger partial charge on any atom is -0.413 e. The Morgan fingerprint density at radius 3 is 2.00 bits per heavy atom. The van der Waals surface area contributed by atoms with Crippen LogP contribution in [0, 0.1) is 11.5 Å². The van der Waals surface area contributed by atoms with Crippen LogP contribution in [0.1, 0.15) is 34.6 Å². The van der Waals surface area contributed by atoms with Crippen molar-refractivity contribution >= 4 is 16.4 Å². The largest absolute Gasteiger partial charge is 0.413 e. The third-order valence-electron chi connectivity index (χ3n) is 3.70. The van der Waals surface area contributed by atoms with Gasteiger partial charge in [0.05, 0.1) is 9.30 Å². The summed E-state index contributed by atoms with van der Waals surface area (Å²) in [7, 11) is -3.57. The SMILES string of the molecule is [2H]C([2H])(O[Si](C)(C)C(C)(C)C)c1ccc(C#C[Si](C)(C)C)cc1. The summed E-state index contributed by atoms with van der Waals surface area (Å²) >= 11 is 0. The van der Waals surface area contributed by atoms with E-state index in [0.29, 0.717) is 5.56 Å². The van der Waals surface area contributed by atoms with E-state index in [4.69, 9.17) is 7.17 Å². The molecule has 0 heterocycles. The second-order valence-corrected chi connectivity index (χ2v) is 17.5. The summed E-state index contributed by atoms with van der Waals surface area (Å²) in [4.78, 5) is 0. The zero-order valence-electron chi connectivity index (χ0n) is 16.7. The average molecular weight is 321 g/mol. The second kappa shape index (κ2) is 6.52. The monoisotopic (exact) mass is 320 g/mol. The minimum absolute atomic E-state index is 0.0247. The summed E-state index contributed by atoms with van der Waals surface area (Å²) in [6.45, 7) is 15.3. The van der Waals surface area contributed by atoms with Crippen LogP contribution in [0.15, 0.2) is 24.3 Å². The van der Waals surface area contributed by atoms with Crippen LogP contribution in [0.5, 0.6) is 0 Å². The van der Waals surface area contributed by atoms with Crippen molar-refractivity contribution in [2.45, 2.75) is 65.1 Å². The van der Waals surface area contributed by atoms with Crippen molar-refractivity contribution in [3.8, 4) is 11.5 Å². The van der Waals surface area contributed by atoms with Crippen LogP contribution in [-0.2, 0) is 11.0 Å². The van der Waals surface area contributed by atoms with E-state index in [2.05, 4.69) is 65.0 Å². The van der Waals surface area contributed by atoms with Gasteiger partial charge in [-0.1, -0.05) is 58.5 Å². The van der Waals surface area contributed by atoms with E-state index >= 15 is 0 Å². The second-order valence-electron chi connectivity index (χ2n) is 8.04.